The molecule has 0 radical (unpaired) electrons. The minimum absolute atomic E-state index is 0.457. The molecule has 1 rings (SSSR count). The molecule has 2 heteroatoms. The number of nitrogens with two attached hydrogens (primary N) is 1. The van der Waals surface area contributed by atoms with Crippen LogP contribution in [0.25, 0.3) is 0 Å². The minimum atomic E-state index is 0.457. The molecule has 78 valence electrons. The third-order valence-corrected chi connectivity index (χ3v) is 4.53. The molecule has 2 N–H and O–H groups in total. The maximum Gasteiger partial charge on any atom is 0.0261 e. The average Bonchev–Trinajstić information content (AvgIpc) is 2.16. The molecular weight excluding hydrogens is 273 g/mol. The van der Waals surface area contributed by atoms with E-state index in [9.17, 15) is 0 Å². The topological polar surface area (TPSA) is 26.0 Å². The summed E-state index contributed by atoms with van der Waals surface area (Å²) >= 11 is 2.54. The highest BCUT2D eigenvalue weighted by Crippen LogP contribution is 2.20. The van der Waals surface area contributed by atoms with Crippen molar-refractivity contribution in [2.24, 2.45) is 5.73 Å². The van der Waals surface area contributed by atoms with Crippen LogP contribution in [0.4, 0.5) is 0 Å². The molecule has 0 bridgehead atoms. The van der Waals surface area contributed by atoms with Crippen molar-refractivity contribution in [2.45, 2.75) is 67.8 Å². The van der Waals surface area contributed by atoms with E-state index in [4.69, 9.17) is 5.73 Å². The fraction of sp³-hybridized carbons (Fsp3) is 1.00. The maximum atomic E-state index is 6.11. The second kappa shape index (κ2) is 7.04. The molecule has 0 spiro atoms. The normalized spacial score (nSPS) is 33.7. The van der Waals surface area contributed by atoms with Gasteiger partial charge in [-0.1, -0.05) is 67.5 Å². The average molecular weight is 295 g/mol. The summed E-state index contributed by atoms with van der Waals surface area (Å²) in [5.74, 6) is 0. The summed E-state index contributed by atoms with van der Waals surface area (Å²) in [5, 5.41) is 0. The summed E-state index contributed by atoms with van der Waals surface area (Å²) < 4.78 is 0.718. The lowest BCUT2D eigenvalue weighted by Crippen LogP contribution is -2.30. The molecule has 0 heterocycles. The van der Waals surface area contributed by atoms with E-state index in [1.165, 1.54) is 57.8 Å². The van der Waals surface area contributed by atoms with Gasteiger partial charge in [0.25, 0.3) is 0 Å². The van der Waals surface area contributed by atoms with Crippen molar-refractivity contribution in [3.63, 3.8) is 0 Å². The Morgan fingerprint density at radius 2 is 1.23 bits per heavy atom. The van der Waals surface area contributed by atoms with Crippen molar-refractivity contribution in [1.29, 1.82) is 0 Å². The van der Waals surface area contributed by atoms with Crippen molar-refractivity contribution in [3.8, 4) is 0 Å². The predicted molar refractivity (Wildman–Crippen MR) is 67.3 cm³/mol. The standard InChI is InChI=1S/C11H22IN/c12-10-8-6-4-2-1-3-5-7-9-11(10)13/h10-11H,1-9,13H2. The highest BCUT2D eigenvalue weighted by Gasteiger charge is 2.13. The number of rotatable bonds is 0. The Hall–Kier alpha value is 0.690. The first-order valence-corrected chi connectivity index (χ1v) is 6.95. The lowest BCUT2D eigenvalue weighted by atomic mass is 10.0. The molecule has 0 saturated heterocycles. The molecule has 1 fully saturated rings. The molecule has 2 atom stereocenters. The Bertz CT molecular complexity index is 113. The number of hydrogen-bond acceptors (Lipinski definition) is 1. The van der Waals surface area contributed by atoms with Crippen molar-refractivity contribution in [1.82, 2.24) is 0 Å². The Labute approximate surface area is 96.0 Å². The second-order valence-corrected chi connectivity index (χ2v) is 5.83. The molecule has 0 amide bonds. The van der Waals surface area contributed by atoms with Crippen LogP contribution in [0.1, 0.15) is 57.8 Å². The summed E-state index contributed by atoms with van der Waals surface area (Å²) in [6, 6.07) is 0.457. The van der Waals surface area contributed by atoms with E-state index in [0.717, 1.165) is 3.92 Å². The van der Waals surface area contributed by atoms with Crippen LogP contribution in [-0.2, 0) is 0 Å². The van der Waals surface area contributed by atoms with Gasteiger partial charge in [0.05, 0.1) is 0 Å². The predicted octanol–water partition coefficient (Wildman–Crippen LogP) is 3.64. The van der Waals surface area contributed by atoms with Gasteiger partial charge in [-0.05, 0) is 12.8 Å². The first-order chi connectivity index (χ1) is 6.30. The Kier molecular flexibility index (Phi) is 6.37. The fourth-order valence-corrected chi connectivity index (χ4v) is 2.80. The summed E-state index contributed by atoms with van der Waals surface area (Å²) in [7, 11) is 0. The van der Waals surface area contributed by atoms with E-state index in [2.05, 4.69) is 22.6 Å². The van der Waals surface area contributed by atoms with Gasteiger partial charge in [-0.15, -0.1) is 0 Å². The molecule has 0 aliphatic heterocycles. The zero-order valence-corrected chi connectivity index (χ0v) is 10.6. The summed E-state index contributed by atoms with van der Waals surface area (Å²) in [4.78, 5) is 0. The largest absolute Gasteiger partial charge is 0.327 e. The fourth-order valence-electron chi connectivity index (χ4n) is 2.00. The summed E-state index contributed by atoms with van der Waals surface area (Å²) in [5.41, 5.74) is 6.11. The van der Waals surface area contributed by atoms with Crippen LogP contribution in [-0.4, -0.2) is 9.97 Å². The summed E-state index contributed by atoms with van der Waals surface area (Å²) in [6.45, 7) is 0. The van der Waals surface area contributed by atoms with E-state index in [1.807, 2.05) is 0 Å². The van der Waals surface area contributed by atoms with Gasteiger partial charge in [0.1, 0.15) is 0 Å². The van der Waals surface area contributed by atoms with Crippen LogP contribution in [0.15, 0.2) is 0 Å². The lowest BCUT2D eigenvalue weighted by Gasteiger charge is -2.17. The quantitative estimate of drug-likeness (QED) is 0.536. The highest BCUT2D eigenvalue weighted by molar-refractivity contribution is 14.1. The Morgan fingerprint density at radius 3 is 1.85 bits per heavy atom. The van der Waals surface area contributed by atoms with Crippen molar-refractivity contribution < 1.29 is 0 Å². The van der Waals surface area contributed by atoms with Gasteiger partial charge >= 0.3 is 0 Å². The molecule has 13 heavy (non-hydrogen) atoms. The van der Waals surface area contributed by atoms with Crippen LogP contribution >= 0.6 is 22.6 Å². The molecule has 0 aromatic carbocycles. The Morgan fingerprint density at radius 1 is 0.769 bits per heavy atom. The second-order valence-electron chi connectivity index (χ2n) is 4.23. The van der Waals surface area contributed by atoms with E-state index in [0.29, 0.717) is 6.04 Å². The van der Waals surface area contributed by atoms with E-state index >= 15 is 0 Å². The van der Waals surface area contributed by atoms with Crippen molar-refractivity contribution in [2.75, 3.05) is 0 Å². The third-order valence-electron chi connectivity index (χ3n) is 2.98. The van der Waals surface area contributed by atoms with Crippen LogP contribution in [0.3, 0.4) is 0 Å². The zero-order chi connectivity index (χ0) is 9.52. The van der Waals surface area contributed by atoms with Crippen molar-refractivity contribution >= 4 is 22.6 Å². The number of alkyl halides is 1. The van der Waals surface area contributed by atoms with Crippen molar-refractivity contribution in [3.05, 3.63) is 0 Å². The van der Waals surface area contributed by atoms with Gasteiger partial charge in [0, 0.05) is 9.97 Å². The number of hydrogen-bond donors (Lipinski definition) is 1. The smallest absolute Gasteiger partial charge is 0.0261 e. The molecule has 1 aliphatic rings. The minimum Gasteiger partial charge on any atom is -0.327 e. The van der Waals surface area contributed by atoms with Gasteiger partial charge < -0.3 is 5.73 Å². The molecule has 1 aliphatic carbocycles. The van der Waals surface area contributed by atoms with Crippen LogP contribution in [0.5, 0.6) is 0 Å². The molecule has 2 unspecified atom stereocenters. The molecule has 1 nitrogen and oxygen atoms in total. The third kappa shape index (κ3) is 5.21. The first kappa shape index (κ1) is 11.8. The Balaban J connectivity index is 2.26. The molecule has 1 saturated carbocycles. The van der Waals surface area contributed by atoms with Crippen LogP contribution < -0.4 is 5.73 Å². The monoisotopic (exact) mass is 295 g/mol. The SMILES string of the molecule is NC1CCCCCCCCCC1I. The van der Waals surface area contributed by atoms with Gasteiger partial charge in [-0.25, -0.2) is 0 Å². The summed E-state index contributed by atoms with van der Waals surface area (Å²) in [6.07, 6.45) is 12.5. The van der Waals surface area contributed by atoms with E-state index in [1.54, 1.807) is 0 Å². The molecule has 0 aromatic heterocycles. The maximum absolute atomic E-state index is 6.11. The van der Waals surface area contributed by atoms with E-state index < -0.39 is 0 Å². The van der Waals surface area contributed by atoms with Crippen LogP contribution in [0.2, 0.25) is 0 Å². The highest BCUT2D eigenvalue weighted by atomic mass is 127. The lowest BCUT2D eigenvalue weighted by molar-refractivity contribution is 0.532. The zero-order valence-electron chi connectivity index (χ0n) is 8.47. The molecular formula is C11H22IN. The van der Waals surface area contributed by atoms with Gasteiger partial charge in [0.15, 0.2) is 0 Å². The van der Waals surface area contributed by atoms with Gasteiger partial charge in [0.2, 0.25) is 0 Å². The van der Waals surface area contributed by atoms with Gasteiger partial charge in [-0.3, -0.25) is 0 Å². The molecule has 0 aromatic rings. The van der Waals surface area contributed by atoms with E-state index in [-0.39, 0.29) is 0 Å². The number of halogens is 1. The van der Waals surface area contributed by atoms with Gasteiger partial charge in [-0.2, -0.15) is 0 Å². The first-order valence-electron chi connectivity index (χ1n) is 5.70. The van der Waals surface area contributed by atoms with Crippen LogP contribution in [0, 0.1) is 0 Å².